The number of likely N-dealkylation sites (N-methyl/N-ethyl adjacent to an activating group) is 1. The number of nitrogens with one attached hydrogen (secondary N) is 2. The summed E-state index contributed by atoms with van der Waals surface area (Å²) in [4.78, 5) is 6.62. The van der Waals surface area contributed by atoms with Crippen molar-refractivity contribution >= 4 is 5.96 Å². The van der Waals surface area contributed by atoms with Gasteiger partial charge in [-0.2, -0.15) is 5.10 Å². The molecule has 1 aromatic heterocycles. The second-order valence-electron chi connectivity index (χ2n) is 7.37. The molecule has 1 aromatic carbocycles. The third kappa shape index (κ3) is 5.57. The number of aliphatic imine (C=N–C) groups is 1. The Labute approximate surface area is 163 Å². The van der Waals surface area contributed by atoms with E-state index in [9.17, 15) is 0 Å². The normalized spacial score (nSPS) is 14.3. The van der Waals surface area contributed by atoms with Gasteiger partial charge in [0.05, 0.1) is 11.7 Å². The van der Waals surface area contributed by atoms with Crippen LogP contribution in [0.2, 0.25) is 0 Å². The summed E-state index contributed by atoms with van der Waals surface area (Å²) in [5.41, 5.74) is 4.92. The lowest BCUT2D eigenvalue weighted by atomic mass is 10.1. The van der Waals surface area contributed by atoms with Crippen LogP contribution in [0.15, 0.2) is 35.3 Å². The average molecular weight is 371 g/mol. The number of benzene rings is 1. The Bertz CT molecular complexity index is 748. The first-order valence-electron chi connectivity index (χ1n) is 9.51. The Morgan fingerprint density at radius 1 is 1.22 bits per heavy atom. The maximum Gasteiger partial charge on any atom is 0.191 e. The van der Waals surface area contributed by atoms with Crippen molar-refractivity contribution in [1.82, 2.24) is 25.3 Å². The van der Waals surface area contributed by atoms with Gasteiger partial charge in [-0.25, -0.2) is 0 Å². The molecule has 0 radical (unpaired) electrons. The van der Waals surface area contributed by atoms with Gasteiger partial charge in [-0.3, -0.25) is 9.67 Å². The van der Waals surface area contributed by atoms with E-state index in [1.54, 1.807) is 0 Å². The molecule has 148 valence electrons. The van der Waals surface area contributed by atoms with Crippen LogP contribution in [0.5, 0.6) is 0 Å². The van der Waals surface area contributed by atoms with Gasteiger partial charge >= 0.3 is 0 Å². The van der Waals surface area contributed by atoms with E-state index in [2.05, 4.69) is 84.8 Å². The fourth-order valence-corrected chi connectivity index (χ4v) is 3.37. The molecule has 6 heteroatoms. The van der Waals surface area contributed by atoms with Crippen LogP contribution in [0, 0.1) is 13.8 Å². The first-order chi connectivity index (χ1) is 12.8. The summed E-state index contributed by atoms with van der Waals surface area (Å²) in [5, 5.41) is 11.5. The van der Waals surface area contributed by atoms with Crippen molar-refractivity contribution in [1.29, 1.82) is 0 Å². The Balaban J connectivity index is 1.96. The Hall–Kier alpha value is -2.34. The Kier molecular flexibility index (Phi) is 7.42. The summed E-state index contributed by atoms with van der Waals surface area (Å²) >= 11 is 0. The third-order valence-corrected chi connectivity index (χ3v) is 5.05. The van der Waals surface area contributed by atoms with Crippen LogP contribution >= 0.6 is 0 Å². The number of hydrogen-bond donors (Lipinski definition) is 2. The molecule has 27 heavy (non-hydrogen) atoms. The highest BCUT2D eigenvalue weighted by atomic mass is 15.3. The van der Waals surface area contributed by atoms with Crippen LogP contribution < -0.4 is 10.6 Å². The highest BCUT2D eigenvalue weighted by Gasteiger charge is 2.16. The third-order valence-electron chi connectivity index (χ3n) is 5.05. The zero-order valence-electron chi connectivity index (χ0n) is 17.7. The van der Waals surface area contributed by atoms with Gasteiger partial charge in [0.25, 0.3) is 0 Å². The van der Waals surface area contributed by atoms with E-state index in [1.807, 2.05) is 24.8 Å². The summed E-state index contributed by atoms with van der Waals surface area (Å²) in [7, 11) is 8.02. The van der Waals surface area contributed by atoms with Gasteiger partial charge in [0.1, 0.15) is 0 Å². The molecule has 2 unspecified atom stereocenters. The number of nitrogens with zero attached hydrogens (tertiary/aromatic N) is 4. The lowest BCUT2D eigenvalue weighted by molar-refractivity contribution is 0.298. The van der Waals surface area contributed by atoms with Gasteiger partial charge in [-0.05, 0) is 52.4 Å². The SMILES string of the molecule is CN=C(NCC(c1ccccc1)N(C)C)NC(C)Cc1c(C)nn(C)c1C. The van der Waals surface area contributed by atoms with Crippen molar-refractivity contribution in [2.45, 2.75) is 39.3 Å². The number of hydrogen-bond acceptors (Lipinski definition) is 3. The van der Waals surface area contributed by atoms with Crippen molar-refractivity contribution in [2.24, 2.45) is 12.0 Å². The molecule has 0 amide bonds. The second kappa shape index (κ2) is 9.55. The van der Waals surface area contributed by atoms with Crippen LogP contribution in [-0.4, -0.2) is 54.4 Å². The van der Waals surface area contributed by atoms with Crippen LogP contribution in [-0.2, 0) is 13.5 Å². The smallest absolute Gasteiger partial charge is 0.191 e. The molecular weight excluding hydrogens is 336 g/mol. The lowest BCUT2D eigenvalue weighted by Gasteiger charge is -2.27. The standard InChI is InChI=1S/C21H34N6/c1-15(13-19-16(2)25-27(7)17(19)3)24-21(22-4)23-14-20(26(5)6)18-11-9-8-10-12-18/h8-12,15,20H,13-14H2,1-7H3,(H2,22,23,24). The maximum absolute atomic E-state index is 4.51. The number of rotatable bonds is 7. The fourth-order valence-electron chi connectivity index (χ4n) is 3.37. The molecule has 0 spiro atoms. The monoisotopic (exact) mass is 370 g/mol. The van der Waals surface area contributed by atoms with Gasteiger partial charge in [0.15, 0.2) is 5.96 Å². The van der Waals surface area contributed by atoms with Crippen molar-refractivity contribution < 1.29 is 0 Å². The van der Waals surface area contributed by atoms with E-state index in [0.717, 1.165) is 24.6 Å². The molecule has 0 bridgehead atoms. The van der Waals surface area contributed by atoms with E-state index < -0.39 is 0 Å². The molecule has 2 N–H and O–H groups in total. The zero-order chi connectivity index (χ0) is 20.0. The van der Waals surface area contributed by atoms with E-state index >= 15 is 0 Å². The predicted octanol–water partition coefficient (Wildman–Crippen LogP) is 2.44. The van der Waals surface area contributed by atoms with Gasteiger partial charge in [-0.15, -0.1) is 0 Å². The summed E-state index contributed by atoms with van der Waals surface area (Å²) in [5.74, 6) is 0.824. The van der Waals surface area contributed by atoms with Gasteiger partial charge in [0.2, 0.25) is 0 Å². The lowest BCUT2D eigenvalue weighted by Crippen LogP contribution is -2.45. The quantitative estimate of drug-likeness (QED) is 0.581. The number of guanidine groups is 1. The summed E-state index contributed by atoms with van der Waals surface area (Å²) < 4.78 is 1.95. The van der Waals surface area contributed by atoms with Gasteiger partial charge in [-0.1, -0.05) is 30.3 Å². The minimum Gasteiger partial charge on any atom is -0.354 e. The van der Waals surface area contributed by atoms with Crippen LogP contribution in [0.4, 0.5) is 0 Å². The molecule has 1 heterocycles. The van der Waals surface area contributed by atoms with Gasteiger partial charge < -0.3 is 15.5 Å². The first-order valence-corrected chi connectivity index (χ1v) is 9.51. The van der Waals surface area contributed by atoms with Crippen LogP contribution in [0.3, 0.4) is 0 Å². The van der Waals surface area contributed by atoms with Crippen molar-refractivity contribution in [2.75, 3.05) is 27.7 Å². The Morgan fingerprint density at radius 2 is 1.89 bits per heavy atom. The fraction of sp³-hybridized carbons (Fsp3) is 0.524. The largest absolute Gasteiger partial charge is 0.354 e. The molecule has 6 nitrogen and oxygen atoms in total. The molecule has 2 aromatic rings. The minimum atomic E-state index is 0.257. The van der Waals surface area contributed by atoms with Crippen molar-refractivity contribution in [3.8, 4) is 0 Å². The van der Waals surface area contributed by atoms with E-state index in [4.69, 9.17) is 0 Å². The molecule has 0 aliphatic carbocycles. The van der Waals surface area contributed by atoms with Crippen molar-refractivity contribution in [3.63, 3.8) is 0 Å². The first kappa shape index (κ1) is 21.0. The summed E-state index contributed by atoms with van der Waals surface area (Å²) in [6.07, 6.45) is 0.919. The Morgan fingerprint density at radius 3 is 2.41 bits per heavy atom. The minimum absolute atomic E-state index is 0.257. The molecule has 2 atom stereocenters. The number of aromatic nitrogens is 2. The maximum atomic E-state index is 4.51. The summed E-state index contributed by atoms with van der Waals surface area (Å²) in [6, 6.07) is 11.1. The zero-order valence-corrected chi connectivity index (χ0v) is 17.7. The molecule has 0 aliphatic rings. The van der Waals surface area contributed by atoms with E-state index in [0.29, 0.717) is 0 Å². The molecular formula is C21H34N6. The van der Waals surface area contributed by atoms with E-state index in [-0.39, 0.29) is 12.1 Å². The van der Waals surface area contributed by atoms with Crippen LogP contribution in [0.25, 0.3) is 0 Å². The molecule has 0 fully saturated rings. The molecule has 2 rings (SSSR count). The highest BCUT2D eigenvalue weighted by Crippen LogP contribution is 2.17. The molecule has 0 saturated carbocycles. The molecule has 0 aliphatic heterocycles. The average Bonchev–Trinajstić information content (AvgIpc) is 2.87. The van der Waals surface area contributed by atoms with E-state index in [1.165, 1.54) is 16.8 Å². The number of aryl methyl sites for hydroxylation is 2. The van der Waals surface area contributed by atoms with Crippen LogP contribution in [0.1, 0.15) is 35.5 Å². The summed E-state index contributed by atoms with van der Waals surface area (Å²) in [6.45, 7) is 7.16. The second-order valence-corrected chi connectivity index (χ2v) is 7.37. The van der Waals surface area contributed by atoms with Crippen molar-refractivity contribution in [3.05, 3.63) is 52.8 Å². The molecule has 0 saturated heterocycles. The van der Waals surface area contributed by atoms with Gasteiger partial charge in [0, 0.05) is 32.4 Å². The topological polar surface area (TPSA) is 57.5 Å². The predicted molar refractivity (Wildman–Crippen MR) is 113 cm³/mol. The highest BCUT2D eigenvalue weighted by molar-refractivity contribution is 5.80.